The molecule has 7 heteroatoms. The molecule has 0 aliphatic rings. The summed E-state index contributed by atoms with van der Waals surface area (Å²) in [6.07, 6.45) is 0. The summed E-state index contributed by atoms with van der Waals surface area (Å²) in [4.78, 5) is 0. The Bertz CT molecular complexity index is 635. The summed E-state index contributed by atoms with van der Waals surface area (Å²) in [5.41, 5.74) is 2.82. The highest BCUT2D eigenvalue weighted by Crippen LogP contribution is 2.35. The van der Waals surface area contributed by atoms with E-state index in [0.29, 0.717) is 11.6 Å². The van der Waals surface area contributed by atoms with Crippen LogP contribution in [0.3, 0.4) is 0 Å². The van der Waals surface area contributed by atoms with E-state index in [2.05, 4.69) is 42.3 Å². The highest BCUT2D eigenvalue weighted by Gasteiger charge is 2.14. The number of hydrogen-bond acceptors (Lipinski definition) is 3. The van der Waals surface area contributed by atoms with Gasteiger partial charge in [-0.3, -0.25) is 4.68 Å². The quantitative estimate of drug-likeness (QED) is 0.762. The summed E-state index contributed by atoms with van der Waals surface area (Å²) >= 11 is 13.3. The van der Waals surface area contributed by atoms with Crippen molar-refractivity contribution in [3.05, 3.63) is 43.1 Å². The highest BCUT2D eigenvalue weighted by atomic mass is 79.9. The molecule has 2 rings (SSSR count). The lowest BCUT2D eigenvalue weighted by molar-refractivity contribution is 0.291. The maximum absolute atomic E-state index is 6.23. The van der Waals surface area contributed by atoms with Crippen LogP contribution in [-0.4, -0.2) is 16.8 Å². The van der Waals surface area contributed by atoms with Crippen molar-refractivity contribution in [2.75, 3.05) is 7.05 Å². The van der Waals surface area contributed by atoms with Gasteiger partial charge in [0.15, 0.2) is 0 Å². The van der Waals surface area contributed by atoms with Gasteiger partial charge in [-0.15, -0.1) is 0 Å². The van der Waals surface area contributed by atoms with Crippen LogP contribution < -0.4 is 10.1 Å². The second-order valence-corrected chi connectivity index (χ2v) is 6.76. The van der Waals surface area contributed by atoms with E-state index in [0.717, 1.165) is 38.2 Å². The van der Waals surface area contributed by atoms with E-state index in [9.17, 15) is 0 Å². The zero-order valence-electron chi connectivity index (χ0n) is 12.0. The largest absolute Gasteiger partial charge is 0.485 e. The van der Waals surface area contributed by atoms with Crippen LogP contribution in [0.5, 0.6) is 5.75 Å². The van der Waals surface area contributed by atoms with Gasteiger partial charge in [-0.25, -0.2) is 0 Å². The second kappa shape index (κ2) is 7.13. The van der Waals surface area contributed by atoms with E-state index < -0.39 is 0 Å². The Hall–Kier alpha value is -0.560. The smallest absolute Gasteiger partial charge is 0.148 e. The van der Waals surface area contributed by atoms with Crippen molar-refractivity contribution in [3.63, 3.8) is 0 Å². The first-order chi connectivity index (χ1) is 9.93. The van der Waals surface area contributed by atoms with Gasteiger partial charge in [0, 0.05) is 13.6 Å². The molecule has 1 N–H and O–H groups in total. The van der Waals surface area contributed by atoms with E-state index in [-0.39, 0.29) is 0 Å². The summed E-state index contributed by atoms with van der Waals surface area (Å²) in [5.74, 6) is 0.754. The number of aromatic nitrogens is 2. The van der Waals surface area contributed by atoms with Gasteiger partial charge in [0.2, 0.25) is 0 Å². The molecule has 1 heterocycles. The Morgan fingerprint density at radius 2 is 1.95 bits per heavy atom. The molecular formula is C14H16Br2ClN3O. The number of nitrogens with one attached hydrogen (secondary N) is 1. The molecule has 1 aromatic carbocycles. The van der Waals surface area contributed by atoms with Crippen LogP contribution in [0.25, 0.3) is 0 Å². The van der Waals surface area contributed by atoms with Crippen LogP contribution in [0.4, 0.5) is 0 Å². The summed E-state index contributed by atoms with van der Waals surface area (Å²) in [5, 5.41) is 8.05. The van der Waals surface area contributed by atoms with Crippen LogP contribution in [0.15, 0.2) is 21.1 Å². The molecule has 0 fully saturated rings. The van der Waals surface area contributed by atoms with Gasteiger partial charge in [-0.05, 0) is 63.5 Å². The summed E-state index contributed by atoms with van der Waals surface area (Å²) in [6, 6.07) is 4.07. The Kier molecular flexibility index (Phi) is 5.71. The predicted octanol–water partition coefficient (Wildman–Crippen LogP) is 4.21. The van der Waals surface area contributed by atoms with Crippen molar-refractivity contribution in [1.29, 1.82) is 0 Å². The lowest BCUT2D eigenvalue weighted by Gasteiger charge is -2.12. The summed E-state index contributed by atoms with van der Waals surface area (Å²) in [7, 11) is 3.77. The Balaban J connectivity index is 2.20. The van der Waals surface area contributed by atoms with Crippen LogP contribution in [0, 0.1) is 6.92 Å². The molecule has 0 aliphatic carbocycles. The van der Waals surface area contributed by atoms with Crippen molar-refractivity contribution in [1.82, 2.24) is 15.1 Å². The van der Waals surface area contributed by atoms with Gasteiger partial charge in [0.05, 0.1) is 25.4 Å². The predicted molar refractivity (Wildman–Crippen MR) is 91.9 cm³/mol. The maximum Gasteiger partial charge on any atom is 0.148 e. The monoisotopic (exact) mass is 435 g/mol. The molecule has 0 saturated heterocycles. The number of hydrogen-bond donors (Lipinski definition) is 1. The standard InChI is InChI=1S/C14H16Br2ClN3O/c1-8-13(17)12(20(3)19-8)7-21-14-10(15)4-9(6-18-2)5-11(14)16/h4-5,18H,6-7H2,1-3H3. The molecule has 0 aliphatic heterocycles. The molecule has 21 heavy (non-hydrogen) atoms. The first kappa shape index (κ1) is 16.8. The van der Waals surface area contributed by atoms with Crippen molar-refractivity contribution in [2.45, 2.75) is 20.1 Å². The zero-order chi connectivity index (χ0) is 15.6. The van der Waals surface area contributed by atoms with Crippen LogP contribution in [-0.2, 0) is 20.2 Å². The number of aryl methyl sites for hydroxylation is 2. The fourth-order valence-electron chi connectivity index (χ4n) is 2.03. The van der Waals surface area contributed by atoms with Gasteiger partial charge in [0.25, 0.3) is 0 Å². The first-order valence-corrected chi connectivity index (χ1v) is 8.33. The molecule has 0 amide bonds. The van der Waals surface area contributed by atoms with Gasteiger partial charge in [-0.2, -0.15) is 5.10 Å². The zero-order valence-corrected chi connectivity index (χ0v) is 15.9. The van der Waals surface area contributed by atoms with E-state index in [1.165, 1.54) is 0 Å². The molecule has 0 bridgehead atoms. The van der Waals surface area contributed by atoms with Crippen LogP contribution >= 0.6 is 43.5 Å². The third-order valence-corrected chi connectivity index (χ3v) is 4.72. The summed E-state index contributed by atoms with van der Waals surface area (Å²) < 4.78 is 9.45. The minimum atomic E-state index is 0.360. The van der Waals surface area contributed by atoms with E-state index >= 15 is 0 Å². The molecule has 0 atom stereocenters. The average molecular weight is 438 g/mol. The minimum absolute atomic E-state index is 0.360. The van der Waals surface area contributed by atoms with Crippen molar-refractivity contribution < 1.29 is 4.74 Å². The maximum atomic E-state index is 6.23. The molecule has 0 spiro atoms. The van der Waals surface area contributed by atoms with Crippen LogP contribution in [0.2, 0.25) is 5.02 Å². The van der Waals surface area contributed by atoms with E-state index in [1.807, 2.05) is 33.2 Å². The summed E-state index contributed by atoms with van der Waals surface area (Å²) in [6.45, 7) is 3.03. The Labute approximate surface area is 146 Å². The number of nitrogens with zero attached hydrogens (tertiary/aromatic N) is 2. The highest BCUT2D eigenvalue weighted by molar-refractivity contribution is 9.11. The van der Waals surface area contributed by atoms with E-state index in [1.54, 1.807) is 4.68 Å². The van der Waals surface area contributed by atoms with Gasteiger partial charge in [-0.1, -0.05) is 11.6 Å². The molecule has 114 valence electrons. The van der Waals surface area contributed by atoms with Gasteiger partial charge in [0.1, 0.15) is 12.4 Å². The lowest BCUT2D eigenvalue weighted by atomic mass is 10.2. The number of halogens is 3. The topological polar surface area (TPSA) is 39.1 Å². The number of rotatable bonds is 5. The van der Waals surface area contributed by atoms with Crippen molar-refractivity contribution in [3.8, 4) is 5.75 Å². The molecule has 4 nitrogen and oxygen atoms in total. The average Bonchev–Trinajstić information content (AvgIpc) is 2.64. The van der Waals surface area contributed by atoms with Crippen molar-refractivity contribution >= 4 is 43.5 Å². The SMILES string of the molecule is CNCc1cc(Br)c(OCc2c(Cl)c(C)nn2C)c(Br)c1. The molecule has 1 aromatic heterocycles. The van der Waals surface area contributed by atoms with Crippen LogP contribution in [0.1, 0.15) is 17.0 Å². The third kappa shape index (κ3) is 3.80. The second-order valence-electron chi connectivity index (χ2n) is 4.68. The third-order valence-electron chi connectivity index (χ3n) is 3.05. The first-order valence-electron chi connectivity index (χ1n) is 6.37. The molecule has 2 aromatic rings. The van der Waals surface area contributed by atoms with Crippen molar-refractivity contribution in [2.24, 2.45) is 7.05 Å². The molecule has 0 saturated carbocycles. The fourth-order valence-corrected chi connectivity index (χ4v) is 3.76. The van der Waals surface area contributed by atoms with Gasteiger partial charge < -0.3 is 10.1 Å². The lowest BCUT2D eigenvalue weighted by Crippen LogP contribution is -2.07. The van der Waals surface area contributed by atoms with E-state index in [4.69, 9.17) is 16.3 Å². The molecule has 0 radical (unpaired) electrons. The Morgan fingerprint density at radius 1 is 1.33 bits per heavy atom. The number of ether oxygens (including phenoxy) is 1. The van der Waals surface area contributed by atoms with Gasteiger partial charge >= 0.3 is 0 Å². The number of benzene rings is 1. The fraction of sp³-hybridized carbons (Fsp3) is 0.357. The Morgan fingerprint density at radius 3 is 2.43 bits per heavy atom. The normalized spacial score (nSPS) is 11.0. The molecular weight excluding hydrogens is 421 g/mol. The minimum Gasteiger partial charge on any atom is -0.485 e. The molecule has 0 unspecified atom stereocenters.